The molecule has 0 amide bonds. The summed E-state index contributed by atoms with van der Waals surface area (Å²) < 4.78 is 32.3. The highest BCUT2D eigenvalue weighted by molar-refractivity contribution is 7.91. The van der Waals surface area contributed by atoms with Crippen LogP contribution in [0.1, 0.15) is 11.1 Å². The average Bonchev–Trinajstić information content (AvgIpc) is 2.97. The predicted molar refractivity (Wildman–Crippen MR) is 94.4 cm³/mol. The van der Waals surface area contributed by atoms with Crippen molar-refractivity contribution in [1.82, 2.24) is 5.16 Å². The van der Waals surface area contributed by atoms with E-state index >= 15 is 0 Å². The molecule has 2 aromatic carbocycles. The summed E-state index contributed by atoms with van der Waals surface area (Å²) in [6.07, 6.45) is 1.48. The highest BCUT2D eigenvalue weighted by Gasteiger charge is 2.19. The van der Waals surface area contributed by atoms with Crippen molar-refractivity contribution >= 4 is 27.5 Å². The molecule has 3 rings (SSSR count). The van der Waals surface area contributed by atoms with Crippen LogP contribution in [-0.4, -0.2) is 13.6 Å². The maximum absolute atomic E-state index is 12.4. The minimum absolute atomic E-state index is 0.0888. The number of anilines is 1. The first-order chi connectivity index (χ1) is 11.4. The normalized spacial score (nSPS) is 11.4. The van der Waals surface area contributed by atoms with E-state index in [1.807, 2.05) is 31.2 Å². The number of hydrogen-bond donors (Lipinski definition) is 1. The lowest BCUT2D eigenvalue weighted by Gasteiger charge is -2.08. The molecule has 0 bridgehead atoms. The van der Waals surface area contributed by atoms with Crippen molar-refractivity contribution in [1.29, 1.82) is 0 Å². The molecular formula is C17H15ClN2O3S. The van der Waals surface area contributed by atoms with E-state index in [9.17, 15) is 8.42 Å². The van der Waals surface area contributed by atoms with Crippen LogP contribution in [0, 0.1) is 6.92 Å². The maximum atomic E-state index is 12.4. The van der Waals surface area contributed by atoms with Crippen LogP contribution in [0.4, 0.5) is 5.88 Å². The fourth-order valence-electron chi connectivity index (χ4n) is 2.25. The smallest absolute Gasteiger partial charge is 0.245 e. The maximum Gasteiger partial charge on any atom is 0.245 e. The van der Waals surface area contributed by atoms with E-state index in [0.717, 1.165) is 11.1 Å². The highest BCUT2D eigenvalue weighted by Crippen LogP contribution is 2.29. The molecule has 24 heavy (non-hydrogen) atoms. The molecule has 0 fully saturated rings. The van der Waals surface area contributed by atoms with Gasteiger partial charge >= 0.3 is 0 Å². The lowest BCUT2D eigenvalue weighted by molar-refractivity contribution is 0.435. The minimum Gasteiger partial charge on any atom is -0.337 e. The number of aromatic nitrogens is 1. The van der Waals surface area contributed by atoms with Crippen LogP contribution in [-0.2, 0) is 15.8 Å². The number of benzene rings is 2. The van der Waals surface area contributed by atoms with Gasteiger partial charge in [-0.25, -0.2) is 8.42 Å². The molecule has 1 N–H and O–H groups in total. The number of halogens is 1. The summed E-state index contributed by atoms with van der Waals surface area (Å²) in [6, 6.07) is 14.4. The second-order valence-electron chi connectivity index (χ2n) is 5.39. The van der Waals surface area contributed by atoms with E-state index in [4.69, 9.17) is 16.1 Å². The van der Waals surface area contributed by atoms with Crippen LogP contribution >= 0.6 is 11.6 Å². The molecule has 0 unspecified atom stereocenters. The standard InChI is InChI=1S/C17H15ClN2O3S/c1-12-6-8-13(9-7-12)15-10-19-23-17(15)20-24(21,22)11-14-4-2-3-5-16(14)18/h2-10,20H,11H2,1H3. The summed E-state index contributed by atoms with van der Waals surface area (Å²) in [4.78, 5) is 0. The van der Waals surface area contributed by atoms with Gasteiger partial charge in [-0.05, 0) is 24.1 Å². The Balaban J connectivity index is 1.85. The molecule has 124 valence electrons. The van der Waals surface area contributed by atoms with Crippen LogP contribution in [0.3, 0.4) is 0 Å². The fraction of sp³-hybridized carbons (Fsp3) is 0.118. The van der Waals surface area contributed by atoms with Crippen molar-refractivity contribution in [2.24, 2.45) is 0 Å². The number of hydrogen-bond acceptors (Lipinski definition) is 4. The third-order valence-electron chi connectivity index (χ3n) is 3.48. The predicted octanol–water partition coefficient (Wildman–Crippen LogP) is 4.25. The molecule has 0 radical (unpaired) electrons. The van der Waals surface area contributed by atoms with Crippen molar-refractivity contribution in [3.8, 4) is 11.1 Å². The molecule has 0 aliphatic rings. The Kier molecular flexibility index (Phi) is 4.59. The molecule has 0 aliphatic heterocycles. The molecular weight excluding hydrogens is 348 g/mol. The zero-order valence-electron chi connectivity index (χ0n) is 12.9. The zero-order chi connectivity index (χ0) is 17.2. The number of rotatable bonds is 5. The van der Waals surface area contributed by atoms with Gasteiger partial charge in [0.05, 0.1) is 17.5 Å². The molecule has 1 aromatic heterocycles. The van der Waals surface area contributed by atoms with Crippen LogP contribution in [0.2, 0.25) is 5.02 Å². The molecule has 0 atom stereocenters. The van der Waals surface area contributed by atoms with E-state index in [2.05, 4.69) is 9.88 Å². The van der Waals surface area contributed by atoms with Crippen LogP contribution in [0.5, 0.6) is 0 Å². The Bertz CT molecular complexity index is 950. The lowest BCUT2D eigenvalue weighted by atomic mass is 10.1. The van der Waals surface area contributed by atoms with Crippen molar-refractivity contribution < 1.29 is 12.9 Å². The van der Waals surface area contributed by atoms with Crippen molar-refractivity contribution in [2.45, 2.75) is 12.7 Å². The van der Waals surface area contributed by atoms with Crippen LogP contribution < -0.4 is 4.72 Å². The van der Waals surface area contributed by atoms with E-state index in [0.29, 0.717) is 16.1 Å². The van der Waals surface area contributed by atoms with Gasteiger partial charge in [0.15, 0.2) is 0 Å². The van der Waals surface area contributed by atoms with Gasteiger partial charge in [-0.3, -0.25) is 4.72 Å². The molecule has 0 spiro atoms. The lowest BCUT2D eigenvalue weighted by Crippen LogP contribution is -2.15. The minimum atomic E-state index is -3.69. The second-order valence-corrected chi connectivity index (χ2v) is 7.52. The van der Waals surface area contributed by atoms with Gasteiger partial charge < -0.3 is 4.52 Å². The van der Waals surface area contributed by atoms with Gasteiger partial charge in [-0.1, -0.05) is 64.8 Å². The summed E-state index contributed by atoms with van der Waals surface area (Å²) in [5, 5.41) is 4.10. The number of sulfonamides is 1. The van der Waals surface area contributed by atoms with E-state index < -0.39 is 10.0 Å². The van der Waals surface area contributed by atoms with Gasteiger partial charge in [-0.2, -0.15) is 0 Å². The van der Waals surface area contributed by atoms with Crippen LogP contribution in [0.15, 0.2) is 59.3 Å². The molecule has 3 aromatic rings. The summed E-state index contributed by atoms with van der Waals surface area (Å²) >= 11 is 6.03. The van der Waals surface area contributed by atoms with E-state index in [1.165, 1.54) is 6.20 Å². The molecule has 0 saturated heterocycles. The fourth-order valence-corrected chi connectivity index (χ4v) is 3.69. The van der Waals surface area contributed by atoms with Crippen molar-refractivity contribution in [3.05, 3.63) is 70.9 Å². The third kappa shape index (κ3) is 3.77. The number of nitrogens with zero attached hydrogens (tertiary/aromatic N) is 1. The molecule has 5 nitrogen and oxygen atoms in total. The Morgan fingerprint density at radius 3 is 2.54 bits per heavy atom. The average molecular weight is 363 g/mol. The SMILES string of the molecule is Cc1ccc(-c2cnoc2NS(=O)(=O)Cc2ccccc2Cl)cc1. The first-order valence-electron chi connectivity index (χ1n) is 7.20. The number of nitrogens with one attached hydrogen (secondary N) is 1. The highest BCUT2D eigenvalue weighted by atomic mass is 35.5. The molecule has 7 heteroatoms. The summed E-state index contributed by atoms with van der Waals surface area (Å²) in [6.45, 7) is 1.98. The largest absolute Gasteiger partial charge is 0.337 e. The van der Waals surface area contributed by atoms with Gasteiger partial charge in [0.25, 0.3) is 0 Å². The van der Waals surface area contributed by atoms with E-state index in [-0.39, 0.29) is 11.6 Å². The number of aryl methyl sites for hydroxylation is 1. The quantitative estimate of drug-likeness (QED) is 0.736. The van der Waals surface area contributed by atoms with Crippen molar-refractivity contribution in [3.63, 3.8) is 0 Å². The van der Waals surface area contributed by atoms with Crippen molar-refractivity contribution in [2.75, 3.05) is 4.72 Å². The Morgan fingerprint density at radius 1 is 1.12 bits per heavy atom. The Morgan fingerprint density at radius 2 is 1.83 bits per heavy atom. The zero-order valence-corrected chi connectivity index (χ0v) is 14.4. The molecule has 0 saturated carbocycles. The second kappa shape index (κ2) is 6.67. The topological polar surface area (TPSA) is 72.2 Å². The van der Waals surface area contributed by atoms with Gasteiger partial charge in [0, 0.05) is 5.02 Å². The first kappa shape index (κ1) is 16.5. The Labute approximate surface area is 145 Å². The Hall–Kier alpha value is -2.31. The monoisotopic (exact) mass is 362 g/mol. The summed E-state index contributed by atoms with van der Waals surface area (Å²) in [5.74, 6) is -0.160. The van der Waals surface area contributed by atoms with Crippen LogP contribution in [0.25, 0.3) is 11.1 Å². The van der Waals surface area contributed by atoms with Gasteiger partial charge in [-0.15, -0.1) is 0 Å². The first-order valence-corrected chi connectivity index (χ1v) is 9.23. The van der Waals surface area contributed by atoms with E-state index in [1.54, 1.807) is 24.3 Å². The third-order valence-corrected chi connectivity index (χ3v) is 5.04. The molecule has 0 aliphatic carbocycles. The summed E-state index contributed by atoms with van der Waals surface area (Å²) in [5.41, 5.74) is 3.02. The van der Waals surface area contributed by atoms with Gasteiger partial charge in [0.1, 0.15) is 0 Å². The summed E-state index contributed by atoms with van der Waals surface area (Å²) in [7, 11) is -3.69. The van der Waals surface area contributed by atoms with Gasteiger partial charge in [0.2, 0.25) is 15.9 Å². The molecule has 1 heterocycles.